The molecule has 1 atom stereocenters. The third kappa shape index (κ3) is 2.38. The van der Waals surface area contributed by atoms with Gasteiger partial charge < -0.3 is 9.51 Å². The van der Waals surface area contributed by atoms with Crippen LogP contribution in [-0.4, -0.2) is 20.1 Å². The van der Waals surface area contributed by atoms with E-state index in [1.54, 1.807) is 24.2 Å². The predicted molar refractivity (Wildman–Crippen MR) is 56.5 cm³/mol. The van der Waals surface area contributed by atoms with Crippen molar-refractivity contribution in [2.45, 2.75) is 30.7 Å². The number of nitrogens with one attached hydrogen (secondary N) is 1. The van der Waals surface area contributed by atoms with Crippen molar-refractivity contribution in [3.63, 3.8) is 0 Å². The quantitative estimate of drug-likeness (QED) is 0.806. The summed E-state index contributed by atoms with van der Waals surface area (Å²) in [5.41, 5.74) is 0. The highest BCUT2D eigenvalue weighted by Crippen LogP contribution is 2.31. The SMILES string of the molecule is CCc1noc([C@H](C)Sc2ncc[nH]2)n1. The van der Waals surface area contributed by atoms with Crippen LogP contribution in [0.1, 0.15) is 30.8 Å². The van der Waals surface area contributed by atoms with E-state index in [4.69, 9.17) is 4.52 Å². The van der Waals surface area contributed by atoms with Gasteiger partial charge in [-0.25, -0.2) is 4.98 Å². The van der Waals surface area contributed by atoms with Gasteiger partial charge in [0, 0.05) is 18.8 Å². The highest BCUT2D eigenvalue weighted by atomic mass is 32.2. The standard InChI is InChI=1S/C9H12N4OS/c1-3-7-12-8(14-13-7)6(2)15-9-10-4-5-11-9/h4-6H,3H2,1-2H3,(H,10,11)/t6-/m0/s1. The van der Waals surface area contributed by atoms with E-state index in [-0.39, 0.29) is 5.25 Å². The molecule has 0 aliphatic carbocycles. The average Bonchev–Trinajstić information content (AvgIpc) is 2.86. The number of hydrogen-bond donors (Lipinski definition) is 1. The molecule has 0 amide bonds. The first-order valence-electron chi connectivity index (χ1n) is 4.78. The minimum atomic E-state index is 0.115. The summed E-state index contributed by atoms with van der Waals surface area (Å²) >= 11 is 1.56. The van der Waals surface area contributed by atoms with Crippen molar-refractivity contribution in [1.82, 2.24) is 20.1 Å². The molecule has 0 aliphatic heterocycles. The molecule has 0 saturated heterocycles. The molecule has 0 fully saturated rings. The Morgan fingerprint density at radius 1 is 1.60 bits per heavy atom. The molecule has 15 heavy (non-hydrogen) atoms. The second-order valence-corrected chi connectivity index (χ2v) is 4.39. The van der Waals surface area contributed by atoms with Crippen LogP contribution < -0.4 is 0 Å². The van der Waals surface area contributed by atoms with Crippen molar-refractivity contribution in [2.75, 3.05) is 0 Å². The maximum absolute atomic E-state index is 5.14. The van der Waals surface area contributed by atoms with Crippen LogP contribution in [0.5, 0.6) is 0 Å². The largest absolute Gasteiger partial charge is 0.340 e. The maximum Gasteiger partial charge on any atom is 0.239 e. The van der Waals surface area contributed by atoms with E-state index in [0.29, 0.717) is 5.89 Å². The number of hydrogen-bond acceptors (Lipinski definition) is 5. The Morgan fingerprint density at radius 3 is 3.07 bits per heavy atom. The van der Waals surface area contributed by atoms with E-state index in [1.807, 2.05) is 13.8 Å². The monoisotopic (exact) mass is 224 g/mol. The van der Waals surface area contributed by atoms with E-state index in [0.717, 1.165) is 17.4 Å². The van der Waals surface area contributed by atoms with E-state index < -0.39 is 0 Å². The first-order valence-corrected chi connectivity index (χ1v) is 5.66. The molecular weight excluding hydrogens is 212 g/mol. The Morgan fingerprint density at radius 2 is 2.47 bits per heavy atom. The molecule has 0 aliphatic rings. The molecule has 80 valence electrons. The van der Waals surface area contributed by atoms with Gasteiger partial charge in [0.05, 0.1) is 5.25 Å². The highest BCUT2D eigenvalue weighted by Gasteiger charge is 2.15. The van der Waals surface area contributed by atoms with E-state index in [1.165, 1.54) is 0 Å². The lowest BCUT2D eigenvalue weighted by molar-refractivity contribution is 0.375. The van der Waals surface area contributed by atoms with Crippen LogP contribution in [0.25, 0.3) is 0 Å². The molecule has 2 aromatic heterocycles. The Hall–Kier alpha value is -1.30. The van der Waals surface area contributed by atoms with Crippen LogP contribution in [0.15, 0.2) is 22.1 Å². The summed E-state index contributed by atoms with van der Waals surface area (Å²) < 4.78 is 5.14. The van der Waals surface area contributed by atoms with Crippen molar-refractivity contribution in [3.8, 4) is 0 Å². The number of imidazole rings is 1. The Kier molecular flexibility index (Phi) is 3.05. The average molecular weight is 224 g/mol. The number of H-pyrrole nitrogens is 1. The molecule has 0 bridgehead atoms. The third-order valence-corrected chi connectivity index (χ3v) is 2.91. The summed E-state index contributed by atoms with van der Waals surface area (Å²) in [6.07, 6.45) is 4.31. The van der Waals surface area contributed by atoms with Gasteiger partial charge in [0.1, 0.15) is 0 Å². The van der Waals surface area contributed by atoms with Crippen LogP contribution in [-0.2, 0) is 6.42 Å². The molecule has 2 heterocycles. The number of thioether (sulfide) groups is 1. The van der Waals surface area contributed by atoms with Crippen molar-refractivity contribution < 1.29 is 4.52 Å². The number of aromatic nitrogens is 4. The van der Waals surface area contributed by atoms with Crippen LogP contribution in [0.3, 0.4) is 0 Å². The normalized spacial score (nSPS) is 12.9. The summed E-state index contributed by atoms with van der Waals surface area (Å²) in [6, 6.07) is 0. The Balaban J connectivity index is 2.04. The lowest BCUT2D eigenvalue weighted by Crippen LogP contribution is -1.90. The fourth-order valence-electron chi connectivity index (χ4n) is 1.11. The lowest BCUT2D eigenvalue weighted by Gasteiger charge is -2.01. The number of nitrogens with zero attached hydrogens (tertiary/aromatic N) is 3. The molecule has 0 saturated carbocycles. The zero-order chi connectivity index (χ0) is 10.7. The third-order valence-electron chi connectivity index (χ3n) is 1.91. The molecule has 0 spiro atoms. The Labute approximate surface area is 91.7 Å². The van der Waals surface area contributed by atoms with Crippen molar-refractivity contribution in [1.29, 1.82) is 0 Å². The van der Waals surface area contributed by atoms with Gasteiger partial charge in [-0.2, -0.15) is 4.98 Å². The number of rotatable bonds is 4. The van der Waals surface area contributed by atoms with Crippen molar-refractivity contribution in [3.05, 3.63) is 24.1 Å². The van der Waals surface area contributed by atoms with Crippen LogP contribution in [0, 0.1) is 0 Å². The molecule has 0 radical (unpaired) electrons. The number of aromatic amines is 1. The zero-order valence-electron chi connectivity index (χ0n) is 8.60. The van der Waals surface area contributed by atoms with Gasteiger partial charge in [0.2, 0.25) is 5.89 Å². The van der Waals surface area contributed by atoms with Crippen LogP contribution in [0.4, 0.5) is 0 Å². The molecule has 5 nitrogen and oxygen atoms in total. The molecule has 0 unspecified atom stereocenters. The minimum Gasteiger partial charge on any atom is -0.340 e. The van der Waals surface area contributed by atoms with Crippen LogP contribution in [0.2, 0.25) is 0 Å². The first-order chi connectivity index (χ1) is 7.29. The molecule has 2 rings (SSSR count). The Bertz CT molecular complexity index is 411. The summed E-state index contributed by atoms with van der Waals surface area (Å²) in [5.74, 6) is 1.39. The zero-order valence-corrected chi connectivity index (χ0v) is 9.41. The summed E-state index contributed by atoms with van der Waals surface area (Å²) in [4.78, 5) is 11.4. The van der Waals surface area contributed by atoms with Gasteiger partial charge in [-0.05, 0) is 6.92 Å². The van der Waals surface area contributed by atoms with E-state index in [9.17, 15) is 0 Å². The van der Waals surface area contributed by atoms with Crippen molar-refractivity contribution in [2.24, 2.45) is 0 Å². The second kappa shape index (κ2) is 4.48. The molecule has 2 aromatic rings. The molecule has 6 heteroatoms. The summed E-state index contributed by atoms with van der Waals surface area (Å²) in [7, 11) is 0. The fraction of sp³-hybridized carbons (Fsp3) is 0.444. The highest BCUT2D eigenvalue weighted by molar-refractivity contribution is 7.99. The van der Waals surface area contributed by atoms with Gasteiger partial charge in [-0.15, -0.1) is 0 Å². The lowest BCUT2D eigenvalue weighted by atomic mass is 10.4. The number of aryl methyl sites for hydroxylation is 1. The smallest absolute Gasteiger partial charge is 0.239 e. The van der Waals surface area contributed by atoms with Crippen LogP contribution >= 0.6 is 11.8 Å². The van der Waals surface area contributed by atoms with E-state index >= 15 is 0 Å². The van der Waals surface area contributed by atoms with E-state index in [2.05, 4.69) is 20.1 Å². The minimum absolute atomic E-state index is 0.115. The summed E-state index contributed by atoms with van der Waals surface area (Å²) in [6.45, 7) is 4.01. The van der Waals surface area contributed by atoms with Gasteiger partial charge in [0.15, 0.2) is 11.0 Å². The molecule has 0 aromatic carbocycles. The predicted octanol–water partition coefficient (Wildman–Crippen LogP) is 2.21. The van der Waals surface area contributed by atoms with Gasteiger partial charge in [-0.3, -0.25) is 0 Å². The summed E-state index contributed by atoms with van der Waals surface area (Å²) in [5, 5.41) is 4.83. The second-order valence-electron chi connectivity index (χ2n) is 3.06. The van der Waals surface area contributed by atoms with Gasteiger partial charge in [-0.1, -0.05) is 23.8 Å². The fourth-order valence-corrected chi connectivity index (χ4v) is 1.90. The van der Waals surface area contributed by atoms with Gasteiger partial charge in [0.25, 0.3) is 0 Å². The maximum atomic E-state index is 5.14. The van der Waals surface area contributed by atoms with Gasteiger partial charge >= 0.3 is 0 Å². The molecule has 1 N–H and O–H groups in total. The molecular formula is C9H12N4OS. The topological polar surface area (TPSA) is 67.6 Å². The van der Waals surface area contributed by atoms with Crippen molar-refractivity contribution >= 4 is 11.8 Å². The first kappa shape index (κ1) is 10.2.